The van der Waals surface area contributed by atoms with Crippen molar-refractivity contribution >= 4 is 86.0 Å². The lowest BCUT2D eigenvalue weighted by molar-refractivity contribution is -0.384. The van der Waals surface area contributed by atoms with Gasteiger partial charge in [0.15, 0.2) is 11.5 Å². The van der Waals surface area contributed by atoms with Gasteiger partial charge in [0.1, 0.15) is 16.3 Å². The van der Waals surface area contributed by atoms with E-state index < -0.39 is 67.1 Å². The molecule has 0 bridgehead atoms. The number of phenolic OH excluding ortho intramolecular Hbond substituents is 1. The predicted octanol–water partition coefficient (Wildman–Crippen LogP) is 5.77. The normalized spacial score (nSPS) is 12.7. The van der Waals surface area contributed by atoms with Crippen LogP contribution in [-0.2, 0) is 30.4 Å². The molecule has 0 aliphatic rings. The molecule has 0 radical (unpaired) electrons. The highest BCUT2D eigenvalue weighted by Gasteiger charge is 2.25. The molecule has 0 spiro atoms. The van der Waals surface area contributed by atoms with Gasteiger partial charge in [-0.05, 0) is 53.9 Å². The van der Waals surface area contributed by atoms with Crippen molar-refractivity contribution in [3.8, 4) is 11.5 Å². The van der Waals surface area contributed by atoms with Crippen molar-refractivity contribution in [3.05, 3.63) is 76.8 Å². The van der Waals surface area contributed by atoms with Crippen molar-refractivity contribution in [1.29, 1.82) is 0 Å². The molecule has 0 aliphatic carbocycles. The molecule has 0 unspecified atom stereocenters. The molecule has 22 heteroatoms. The first-order valence-electron chi connectivity index (χ1n) is 13.0. The van der Waals surface area contributed by atoms with Crippen molar-refractivity contribution < 1.29 is 53.7 Å². The van der Waals surface area contributed by atoms with Gasteiger partial charge in [-0.25, -0.2) is 0 Å². The molecule has 5 aromatic carbocycles. The number of nitrogen functional groups attached to an aromatic ring is 1. The number of aromatic hydroxyl groups is 1. The van der Waals surface area contributed by atoms with Crippen LogP contribution >= 0.6 is 0 Å². The first-order valence-corrected chi connectivity index (χ1v) is 17.4. The summed E-state index contributed by atoms with van der Waals surface area (Å²) < 4.78 is 106. The number of anilines is 1. The molecular formula is C27H20N6O13S3. The summed E-state index contributed by atoms with van der Waals surface area (Å²) >= 11 is 0. The van der Waals surface area contributed by atoms with E-state index in [2.05, 4.69) is 20.5 Å². The van der Waals surface area contributed by atoms with Crippen molar-refractivity contribution in [3.63, 3.8) is 0 Å². The highest BCUT2D eigenvalue weighted by molar-refractivity contribution is 7.86. The van der Waals surface area contributed by atoms with Gasteiger partial charge in [-0.1, -0.05) is 6.07 Å². The molecule has 0 fully saturated rings. The maximum Gasteiger partial charge on any atom is 0.296 e. The van der Waals surface area contributed by atoms with Crippen molar-refractivity contribution in [2.45, 2.75) is 14.7 Å². The van der Waals surface area contributed by atoms with Crippen LogP contribution in [0.1, 0.15) is 0 Å². The van der Waals surface area contributed by atoms with Gasteiger partial charge in [-0.2, -0.15) is 25.3 Å². The van der Waals surface area contributed by atoms with Crippen LogP contribution in [0.15, 0.2) is 102 Å². The number of nitro benzene ring substituents is 1. The Morgan fingerprint density at radius 2 is 1.31 bits per heavy atom. The number of nitro groups is 1. The Balaban J connectivity index is 1.70. The first-order chi connectivity index (χ1) is 22.8. The minimum absolute atomic E-state index is 0.0148. The van der Waals surface area contributed by atoms with E-state index in [-0.39, 0.29) is 50.0 Å². The average Bonchev–Trinajstić information content (AvgIpc) is 3.01. The Morgan fingerprint density at radius 3 is 1.90 bits per heavy atom. The van der Waals surface area contributed by atoms with Crippen LogP contribution in [0, 0.1) is 10.1 Å². The Bertz CT molecular complexity index is 2630. The number of phenols is 1. The smallest absolute Gasteiger partial charge is 0.296 e. The topological polar surface area (TPSA) is 311 Å². The van der Waals surface area contributed by atoms with Gasteiger partial charge in [0.25, 0.3) is 36.0 Å². The number of hydrogen-bond donors (Lipinski definition) is 5. The highest BCUT2D eigenvalue weighted by atomic mass is 32.2. The Labute approximate surface area is 275 Å². The van der Waals surface area contributed by atoms with Crippen LogP contribution in [0.3, 0.4) is 0 Å². The minimum Gasteiger partial charge on any atom is -0.505 e. The molecule has 0 atom stereocenters. The van der Waals surface area contributed by atoms with Gasteiger partial charge in [0.05, 0.1) is 39.3 Å². The third-order valence-corrected chi connectivity index (χ3v) is 9.42. The van der Waals surface area contributed by atoms with Crippen molar-refractivity contribution in [2.24, 2.45) is 20.5 Å². The zero-order valence-corrected chi connectivity index (χ0v) is 26.8. The maximum atomic E-state index is 12.3. The summed E-state index contributed by atoms with van der Waals surface area (Å²) in [5.74, 6) is -0.945. The third kappa shape index (κ3) is 6.99. The second-order valence-electron chi connectivity index (χ2n) is 9.93. The minimum atomic E-state index is -5.19. The molecule has 0 aromatic heterocycles. The SMILES string of the molecule is COc1cc([N+](=O)[O-])ccc1N=Nc1ccc(N=Nc2c(S(=O)(=O)O)cc3cc(S(=O)(=O)O)cc(N)c3c2O)c2cc(S(=O)(=O)O)ccc12. The second kappa shape index (κ2) is 12.4. The molecule has 5 rings (SSSR count). The quantitative estimate of drug-likeness (QED) is 0.0395. The van der Waals surface area contributed by atoms with E-state index in [1.54, 1.807) is 0 Å². The van der Waals surface area contributed by atoms with E-state index in [0.717, 1.165) is 36.4 Å². The Hall–Kier alpha value is -5.65. The van der Waals surface area contributed by atoms with Crippen LogP contribution in [0.25, 0.3) is 21.5 Å². The van der Waals surface area contributed by atoms with E-state index in [4.69, 9.17) is 10.5 Å². The number of azo groups is 2. The van der Waals surface area contributed by atoms with E-state index in [1.165, 1.54) is 37.4 Å². The first kappa shape index (κ1) is 34.7. The van der Waals surface area contributed by atoms with Crippen LogP contribution < -0.4 is 10.5 Å². The molecule has 6 N–H and O–H groups in total. The molecule has 0 saturated carbocycles. The standard InChI is InChI=1S/C27H20N6O13S3/c1-46-23-10-14(33(35)36)2-5-22(23)31-29-20-6-7-21(18-11-15(47(37,38)39)3-4-17(18)20)30-32-26-24(49(43,44)45)9-13-8-16(48(40,41)42)12-19(28)25(13)27(26)34/h2-12,34H,28H2,1H3,(H,37,38,39)(H,40,41,42)(H,43,44,45). The van der Waals surface area contributed by atoms with E-state index in [1.807, 2.05) is 0 Å². The van der Waals surface area contributed by atoms with Gasteiger partial charge in [0, 0.05) is 27.9 Å². The number of ether oxygens (including phenoxy) is 1. The monoisotopic (exact) mass is 732 g/mol. The second-order valence-corrected chi connectivity index (χ2v) is 14.2. The summed E-state index contributed by atoms with van der Waals surface area (Å²) in [5, 5.41) is 37.5. The Kier molecular flexibility index (Phi) is 8.79. The van der Waals surface area contributed by atoms with Crippen molar-refractivity contribution in [1.82, 2.24) is 0 Å². The van der Waals surface area contributed by atoms with Gasteiger partial charge < -0.3 is 15.6 Å². The van der Waals surface area contributed by atoms with E-state index in [9.17, 15) is 54.1 Å². The summed E-state index contributed by atoms with van der Waals surface area (Å²) in [7, 11) is -13.5. The molecule has 0 amide bonds. The largest absolute Gasteiger partial charge is 0.505 e. The fraction of sp³-hybridized carbons (Fsp3) is 0.0370. The number of benzene rings is 5. The predicted molar refractivity (Wildman–Crippen MR) is 171 cm³/mol. The van der Waals surface area contributed by atoms with Crippen LogP contribution in [0.5, 0.6) is 11.5 Å². The fourth-order valence-corrected chi connectivity index (χ4v) is 6.35. The average molecular weight is 733 g/mol. The maximum absolute atomic E-state index is 12.3. The van der Waals surface area contributed by atoms with Gasteiger partial charge in [-0.15, -0.1) is 20.5 Å². The summed E-state index contributed by atoms with van der Waals surface area (Å²) in [6, 6.07) is 11.7. The number of methoxy groups -OCH3 is 1. The number of rotatable bonds is 9. The van der Waals surface area contributed by atoms with Gasteiger partial charge in [0.2, 0.25) is 0 Å². The number of hydrogen-bond acceptors (Lipinski definition) is 15. The molecule has 49 heavy (non-hydrogen) atoms. The summed E-state index contributed by atoms with van der Waals surface area (Å²) in [6.07, 6.45) is 0. The lowest BCUT2D eigenvalue weighted by Gasteiger charge is -2.12. The lowest BCUT2D eigenvalue weighted by atomic mass is 10.1. The third-order valence-electron chi connectivity index (χ3n) is 6.87. The number of fused-ring (bicyclic) bond motifs is 2. The zero-order valence-electron chi connectivity index (χ0n) is 24.4. The summed E-state index contributed by atoms with van der Waals surface area (Å²) in [4.78, 5) is 8.11. The fourth-order valence-electron chi connectivity index (χ4n) is 4.64. The molecule has 0 aliphatic heterocycles. The number of non-ortho nitro benzene ring substituents is 1. The molecule has 19 nitrogen and oxygen atoms in total. The molecule has 0 heterocycles. The number of nitrogens with two attached hydrogens (primary N) is 1. The molecule has 5 aromatic rings. The van der Waals surface area contributed by atoms with Crippen LogP contribution in [-0.4, -0.2) is 56.1 Å². The van der Waals surface area contributed by atoms with Crippen LogP contribution in [0.4, 0.5) is 34.1 Å². The van der Waals surface area contributed by atoms with E-state index >= 15 is 0 Å². The Morgan fingerprint density at radius 1 is 0.714 bits per heavy atom. The molecular weight excluding hydrogens is 713 g/mol. The molecule has 0 saturated heterocycles. The highest BCUT2D eigenvalue weighted by Crippen LogP contribution is 2.45. The molecule has 254 valence electrons. The zero-order chi connectivity index (χ0) is 36.1. The lowest BCUT2D eigenvalue weighted by Crippen LogP contribution is -2.02. The van der Waals surface area contributed by atoms with Gasteiger partial charge in [-0.3, -0.25) is 23.8 Å². The van der Waals surface area contributed by atoms with Crippen molar-refractivity contribution in [2.75, 3.05) is 12.8 Å². The van der Waals surface area contributed by atoms with E-state index in [0.29, 0.717) is 0 Å². The summed E-state index contributed by atoms with van der Waals surface area (Å²) in [6.45, 7) is 0. The van der Waals surface area contributed by atoms with Crippen LogP contribution in [0.2, 0.25) is 0 Å². The number of nitrogens with zero attached hydrogens (tertiary/aromatic N) is 5. The summed E-state index contributed by atoms with van der Waals surface area (Å²) in [5.41, 5.74) is 4.34. The van der Waals surface area contributed by atoms with Gasteiger partial charge >= 0.3 is 0 Å².